The minimum absolute atomic E-state index is 0.320. The molecule has 1 rings (SSSR count). The SMILES string of the molecule is COC(=O)C(N)CCC1CCOC1. The molecule has 2 N–H and O–H groups in total. The van der Waals surface area contributed by atoms with E-state index in [9.17, 15) is 4.79 Å². The van der Waals surface area contributed by atoms with Crippen molar-refractivity contribution >= 4 is 5.97 Å². The van der Waals surface area contributed by atoms with E-state index >= 15 is 0 Å². The second-order valence-electron chi connectivity index (χ2n) is 3.44. The maximum absolute atomic E-state index is 10.9. The summed E-state index contributed by atoms with van der Waals surface area (Å²) in [5.41, 5.74) is 5.59. The molecule has 0 aromatic rings. The van der Waals surface area contributed by atoms with Gasteiger partial charge in [0.2, 0.25) is 0 Å². The highest BCUT2D eigenvalue weighted by atomic mass is 16.5. The van der Waals surface area contributed by atoms with Gasteiger partial charge in [0.1, 0.15) is 6.04 Å². The summed E-state index contributed by atoms with van der Waals surface area (Å²) in [7, 11) is 1.36. The lowest BCUT2D eigenvalue weighted by molar-refractivity contribution is -0.142. The van der Waals surface area contributed by atoms with Crippen molar-refractivity contribution in [1.29, 1.82) is 0 Å². The number of rotatable bonds is 4. The topological polar surface area (TPSA) is 61.5 Å². The number of esters is 1. The number of carbonyl (C=O) groups excluding carboxylic acids is 1. The molecule has 76 valence electrons. The highest BCUT2D eigenvalue weighted by molar-refractivity contribution is 5.75. The molecule has 0 aliphatic carbocycles. The predicted molar refractivity (Wildman–Crippen MR) is 48.2 cm³/mol. The molecule has 4 nitrogen and oxygen atoms in total. The summed E-state index contributed by atoms with van der Waals surface area (Å²) < 4.78 is 9.75. The second-order valence-corrected chi connectivity index (χ2v) is 3.44. The zero-order valence-corrected chi connectivity index (χ0v) is 7.99. The number of nitrogens with two attached hydrogens (primary N) is 1. The largest absolute Gasteiger partial charge is 0.468 e. The van der Waals surface area contributed by atoms with Crippen LogP contribution in [0.15, 0.2) is 0 Å². The van der Waals surface area contributed by atoms with Gasteiger partial charge in [-0.3, -0.25) is 4.79 Å². The molecule has 13 heavy (non-hydrogen) atoms. The fourth-order valence-electron chi connectivity index (χ4n) is 1.50. The molecule has 0 aromatic heterocycles. The van der Waals surface area contributed by atoms with E-state index in [2.05, 4.69) is 4.74 Å². The van der Waals surface area contributed by atoms with Crippen LogP contribution in [0.4, 0.5) is 0 Å². The molecule has 2 unspecified atom stereocenters. The van der Waals surface area contributed by atoms with Gasteiger partial charge >= 0.3 is 5.97 Å². The number of ether oxygens (including phenoxy) is 2. The smallest absolute Gasteiger partial charge is 0.322 e. The molecule has 2 atom stereocenters. The Kier molecular flexibility index (Phi) is 4.18. The zero-order chi connectivity index (χ0) is 9.68. The Morgan fingerprint density at radius 3 is 3.08 bits per heavy atom. The molecule has 1 aliphatic rings. The molecule has 0 radical (unpaired) electrons. The van der Waals surface area contributed by atoms with E-state index < -0.39 is 6.04 Å². The Morgan fingerprint density at radius 1 is 1.77 bits per heavy atom. The fourth-order valence-corrected chi connectivity index (χ4v) is 1.50. The molecule has 0 aromatic carbocycles. The van der Waals surface area contributed by atoms with Crippen LogP contribution in [0, 0.1) is 5.92 Å². The van der Waals surface area contributed by atoms with Crippen LogP contribution in [-0.2, 0) is 14.3 Å². The van der Waals surface area contributed by atoms with Crippen molar-refractivity contribution in [3.8, 4) is 0 Å². The van der Waals surface area contributed by atoms with Gasteiger partial charge in [-0.15, -0.1) is 0 Å². The third-order valence-corrected chi connectivity index (χ3v) is 2.41. The van der Waals surface area contributed by atoms with Crippen molar-refractivity contribution in [3.63, 3.8) is 0 Å². The van der Waals surface area contributed by atoms with Gasteiger partial charge in [0.05, 0.1) is 7.11 Å². The Balaban J connectivity index is 2.13. The maximum atomic E-state index is 10.9. The van der Waals surface area contributed by atoms with Crippen LogP contribution in [-0.4, -0.2) is 32.3 Å². The minimum atomic E-state index is -0.467. The molecule has 4 heteroatoms. The van der Waals surface area contributed by atoms with Gasteiger partial charge < -0.3 is 15.2 Å². The molecular formula is C9H17NO3. The first-order chi connectivity index (χ1) is 6.24. The van der Waals surface area contributed by atoms with Gasteiger partial charge in [-0.05, 0) is 25.2 Å². The molecule has 0 amide bonds. The van der Waals surface area contributed by atoms with E-state index in [1.165, 1.54) is 7.11 Å². The van der Waals surface area contributed by atoms with Gasteiger partial charge in [-0.25, -0.2) is 0 Å². The third-order valence-electron chi connectivity index (χ3n) is 2.41. The summed E-state index contributed by atoms with van der Waals surface area (Å²) in [4.78, 5) is 10.9. The lowest BCUT2D eigenvalue weighted by Gasteiger charge is -2.11. The van der Waals surface area contributed by atoms with Crippen LogP contribution in [0.1, 0.15) is 19.3 Å². The quantitative estimate of drug-likeness (QED) is 0.643. The maximum Gasteiger partial charge on any atom is 0.322 e. The van der Waals surface area contributed by atoms with Crippen LogP contribution in [0.5, 0.6) is 0 Å². The van der Waals surface area contributed by atoms with Gasteiger partial charge in [0, 0.05) is 13.2 Å². The molecule has 1 saturated heterocycles. The minimum Gasteiger partial charge on any atom is -0.468 e. The zero-order valence-electron chi connectivity index (χ0n) is 7.99. The van der Waals surface area contributed by atoms with Crippen LogP contribution >= 0.6 is 0 Å². The highest BCUT2D eigenvalue weighted by Crippen LogP contribution is 2.18. The van der Waals surface area contributed by atoms with Crippen LogP contribution in [0.3, 0.4) is 0 Å². The summed E-state index contributed by atoms with van der Waals surface area (Å²) in [6.07, 6.45) is 2.74. The van der Waals surface area contributed by atoms with Gasteiger partial charge in [0.15, 0.2) is 0 Å². The van der Waals surface area contributed by atoms with Crippen LogP contribution < -0.4 is 5.73 Å². The van der Waals surface area contributed by atoms with Crippen molar-refractivity contribution in [1.82, 2.24) is 0 Å². The van der Waals surface area contributed by atoms with E-state index in [0.717, 1.165) is 26.1 Å². The average Bonchev–Trinajstić information content (AvgIpc) is 2.65. The highest BCUT2D eigenvalue weighted by Gasteiger charge is 2.19. The average molecular weight is 187 g/mol. The third kappa shape index (κ3) is 3.32. The summed E-state index contributed by atoms with van der Waals surface area (Å²) in [6, 6.07) is -0.467. The molecule has 1 heterocycles. The van der Waals surface area contributed by atoms with Crippen molar-refractivity contribution in [2.75, 3.05) is 20.3 Å². The van der Waals surface area contributed by atoms with Crippen molar-refractivity contribution in [2.24, 2.45) is 11.7 Å². The Bertz CT molecular complexity index is 166. The molecule has 0 saturated carbocycles. The van der Waals surface area contributed by atoms with Crippen LogP contribution in [0.2, 0.25) is 0 Å². The van der Waals surface area contributed by atoms with Crippen molar-refractivity contribution < 1.29 is 14.3 Å². The molecular weight excluding hydrogens is 170 g/mol. The lowest BCUT2D eigenvalue weighted by atomic mass is 10.00. The van der Waals surface area contributed by atoms with Gasteiger partial charge in [0.25, 0.3) is 0 Å². The van der Waals surface area contributed by atoms with Gasteiger partial charge in [-0.1, -0.05) is 0 Å². The first-order valence-electron chi connectivity index (χ1n) is 4.65. The number of carbonyl (C=O) groups is 1. The standard InChI is InChI=1S/C9H17NO3/c1-12-9(11)8(10)3-2-7-4-5-13-6-7/h7-8H,2-6,10H2,1H3. The first kappa shape index (κ1) is 10.5. The monoisotopic (exact) mass is 187 g/mol. The van der Waals surface area contributed by atoms with Gasteiger partial charge in [-0.2, -0.15) is 0 Å². The van der Waals surface area contributed by atoms with E-state index in [-0.39, 0.29) is 5.97 Å². The number of hydrogen-bond donors (Lipinski definition) is 1. The number of hydrogen-bond acceptors (Lipinski definition) is 4. The normalized spacial score (nSPS) is 24.3. The predicted octanol–water partition coefficient (Wildman–Crippen LogP) is 0.303. The molecule has 0 spiro atoms. The van der Waals surface area contributed by atoms with E-state index in [0.29, 0.717) is 12.3 Å². The summed E-state index contributed by atoms with van der Waals surface area (Å²) in [5.74, 6) is 0.259. The van der Waals surface area contributed by atoms with Crippen LogP contribution in [0.25, 0.3) is 0 Å². The molecule has 0 bridgehead atoms. The van der Waals surface area contributed by atoms with E-state index in [4.69, 9.17) is 10.5 Å². The van der Waals surface area contributed by atoms with Crippen molar-refractivity contribution in [2.45, 2.75) is 25.3 Å². The summed E-state index contributed by atoms with van der Waals surface area (Å²) in [5, 5.41) is 0. The van der Waals surface area contributed by atoms with Crippen molar-refractivity contribution in [3.05, 3.63) is 0 Å². The Morgan fingerprint density at radius 2 is 2.54 bits per heavy atom. The fraction of sp³-hybridized carbons (Fsp3) is 0.889. The first-order valence-corrected chi connectivity index (χ1v) is 4.65. The lowest BCUT2D eigenvalue weighted by Crippen LogP contribution is -2.31. The Hall–Kier alpha value is -0.610. The second kappa shape index (κ2) is 5.19. The summed E-state index contributed by atoms with van der Waals surface area (Å²) in [6.45, 7) is 1.66. The Labute approximate surface area is 78.4 Å². The molecule has 1 fully saturated rings. The molecule has 1 aliphatic heterocycles. The summed E-state index contributed by atoms with van der Waals surface area (Å²) >= 11 is 0. The van der Waals surface area contributed by atoms with E-state index in [1.807, 2.05) is 0 Å². The van der Waals surface area contributed by atoms with E-state index in [1.54, 1.807) is 0 Å². The number of methoxy groups -OCH3 is 1.